The fourth-order valence-corrected chi connectivity index (χ4v) is 1.65. The summed E-state index contributed by atoms with van der Waals surface area (Å²) in [6.45, 7) is 9.24. The van der Waals surface area contributed by atoms with E-state index >= 15 is 0 Å². The highest BCUT2D eigenvalue weighted by Crippen LogP contribution is 2.10. The molecule has 0 spiro atoms. The van der Waals surface area contributed by atoms with E-state index in [0.717, 1.165) is 0 Å². The highest BCUT2D eigenvalue weighted by molar-refractivity contribution is 6.51. The van der Waals surface area contributed by atoms with Gasteiger partial charge in [0, 0.05) is 6.61 Å². The van der Waals surface area contributed by atoms with E-state index in [-0.39, 0.29) is 0 Å². The molecule has 4 heteroatoms. The molecule has 0 aromatic heterocycles. The van der Waals surface area contributed by atoms with E-state index in [9.17, 15) is 0 Å². The molecule has 0 bridgehead atoms. The molecule has 0 N–H and O–H groups in total. The van der Waals surface area contributed by atoms with Crippen LogP contribution in [0, 0.1) is 0 Å². The fraction of sp³-hybridized carbons (Fsp3) is 1.00. The minimum Gasteiger partial charge on any atom is -0.434 e. The second-order valence-electron chi connectivity index (χ2n) is 4.30. The highest BCUT2D eigenvalue weighted by Gasteiger charge is 2.13. The van der Waals surface area contributed by atoms with E-state index in [2.05, 4.69) is 13.8 Å². The van der Waals surface area contributed by atoms with Crippen molar-refractivity contribution in [3.8, 4) is 0 Å². The van der Waals surface area contributed by atoms with Crippen molar-refractivity contribution in [2.24, 2.45) is 0 Å². The predicted octanol–water partition coefficient (Wildman–Crippen LogP) is 3.61. The van der Waals surface area contributed by atoms with Gasteiger partial charge in [-0.3, -0.25) is 0 Å². The Morgan fingerprint density at radius 1 is 0.824 bits per heavy atom. The van der Waals surface area contributed by atoms with Gasteiger partial charge in [-0.15, -0.1) is 0 Å². The van der Waals surface area contributed by atoms with E-state index in [4.69, 9.17) is 14.1 Å². The van der Waals surface area contributed by atoms with Gasteiger partial charge in [-0.2, -0.15) is 0 Å². The topological polar surface area (TPSA) is 27.7 Å². The Kier molecular flexibility index (Phi) is 14.0. The van der Waals surface area contributed by atoms with E-state index in [1.807, 2.05) is 6.92 Å². The molecule has 0 aliphatic rings. The Morgan fingerprint density at radius 3 is 2.00 bits per heavy atom. The Hall–Kier alpha value is -0.0551. The SMILES string of the molecule is CCCCB(CCCC)OCCOCOCC. The van der Waals surface area contributed by atoms with Crippen LogP contribution in [-0.2, 0) is 14.1 Å². The lowest BCUT2D eigenvalue weighted by Gasteiger charge is -2.14. The lowest BCUT2D eigenvalue weighted by Crippen LogP contribution is -2.20. The summed E-state index contributed by atoms with van der Waals surface area (Å²) in [6, 6.07) is 0. The molecule has 0 amide bonds. The average Bonchev–Trinajstić information content (AvgIpc) is 2.35. The van der Waals surface area contributed by atoms with Crippen LogP contribution in [0.4, 0.5) is 0 Å². The van der Waals surface area contributed by atoms with Gasteiger partial charge >= 0.3 is 0 Å². The largest absolute Gasteiger partial charge is 0.434 e. The summed E-state index contributed by atoms with van der Waals surface area (Å²) in [4.78, 5) is 0. The van der Waals surface area contributed by atoms with Crippen molar-refractivity contribution >= 4 is 6.92 Å². The van der Waals surface area contributed by atoms with Crippen molar-refractivity contribution in [1.29, 1.82) is 0 Å². The van der Waals surface area contributed by atoms with Crippen LogP contribution in [0.3, 0.4) is 0 Å². The highest BCUT2D eigenvalue weighted by atomic mass is 16.7. The lowest BCUT2D eigenvalue weighted by atomic mass is 9.59. The first-order chi connectivity index (χ1) is 8.35. The van der Waals surface area contributed by atoms with Crippen LogP contribution >= 0.6 is 0 Å². The van der Waals surface area contributed by atoms with E-state index in [1.54, 1.807) is 0 Å². The lowest BCUT2D eigenvalue weighted by molar-refractivity contribution is -0.0564. The fourth-order valence-electron chi connectivity index (χ4n) is 1.65. The van der Waals surface area contributed by atoms with Gasteiger partial charge in [0.15, 0.2) is 0 Å². The molecule has 0 radical (unpaired) electrons. The van der Waals surface area contributed by atoms with Crippen molar-refractivity contribution in [2.45, 2.75) is 59.1 Å². The maximum atomic E-state index is 5.85. The summed E-state index contributed by atoms with van der Waals surface area (Å²) in [5.41, 5.74) is 0. The average molecular weight is 244 g/mol. The maximum Gasteiger partial charge on any atom is 0.293 e. The first-order valence-corrected chi connectivity index (χ1v) is 7.12. The molecule has 0 aromatic carbocycles. The smallest absolute Gasteiger partial charge is 0.293 e. The van der Waals surface area contributed by atoms with Crippen molar-refractivity contribution < 1.29 is 14.1 Å². The maximum absolute atomic E-state index is 5.85. The van der Waals surface area contributed by atoms with Crippen LogP contribution in [0.1, 0.15) is 46.5 Å². The molecule has 17 heavy (non-hydrogen) atoms. The van der Waals surface area contributed by atoms with Gasteiger partial charge in [0.1, 0.15) is 6.79 Å². The molecule has 0 fully saturated rings. The second kappa shape index (κ2) is 14.0. The van der Waals surface area contributed by atoms with Crippen molar-refractivity contribution in [2.75, 3.05) is 26.6 Å². The zero-order valence-electron chi connectivity index (χ0n) is 11.9. The first-order valence-electron chi connectivity index (χ1n) is 7.12. The minimum absolute atomic E-state index is 0.383. The molecular weight excluding hydrogens is 215 g/mol. The normalized spacial score (nSPS) is 10.8. The van der Waals surface area contributed by atoms with Gasteiger partial charge < -0.3 is 14.1 Å². The molecule has 0 saturated carbocycles. The van der Waals surface area contributed by atoms with Crippen LogP contribution in [0.2, 0.25) is 12.6 Å². The van der Waals surface area contributed by atoms with Gasteiger partial charge in [0.05, 0.1) is 13.2 Å². The quantitative estimate of drug-likeness (QED) is 0.281. The third-order valence-corrected chi connectivity index (χ3v) is 2.71. The summed E-state index contributed by atoms with van der Waals surface area (Å²) in [7, 11) is 0. The van der Waals surface area contributed by atoms with Gasteiger partial charge in [-0.25, -0.2) is 0 Å². The Balaban J connectivity index is 3.45. The molecule has 0 heterocycles. The first kappa shape index (κ1) is 16.9. The molecule has 0 rings (SSSR count). The summed E-state index contributed by atoms with van der Waals surface area (Å²) in [5.74, 6) is 0. The third-order valence-electron chi connectivity index (χ3n) is 2.71. The molecule has 0 atom stereocenters. The van der Waals surface area contributed by atoms with Crippen LogP contribution in [-0.4, -0.2) is 33.5 Å². The second-order valence-corrected chi connectivity index (χ2v) is 4.30. The molecule has 0 aliphatic carbocycles. The van der Waals surface area contributed by atoms with E-state index < -0.39 is 0 Å². The zero-order chi connectivity index (χ0) is 12.8. The van der Waals surface area contributed by atoms with E-state index in [0.29, 0.717) is 33.5 Å². The van der Waals surface area contributed by atoms with Gasteiger partial charge in [0.2, 0.25) is 0 Å². The van der Waals surface area contributed by atoms with Crippen molar-refractivity contribution in [3.05, 3.63) is 0 Å². The van der Waals surface area contributed by atoms with Gasteiger partial charge in [-0.05, 0) is 19.6 Å². The monoisotopic (exact) mass is 244 g/mol. The molecular formula is C13H29BO3. The molecule has 3 nitrogen and oxygen atoms in total. The number of hydrogen-bond acceptors (Lipinski definition) is 3. The Labute approximate surface area is 107 Å². The number of unbranched alkanes of at least 4 members (excludes halogenated alkanes) is 2. The molecule has 102 valence electrons. The summed E-state index contributed by atoms with van der Waals surface area (Å²) in [6.07, 6.45) is 7.37. The predicted molar refractivity (Wildman–Crippen MR) is 73.6 cm³/mol. The summed E-state index contributed by atoms with van der Waals surface area (Å²) < 4.78 is 16.2. The van der Waals surface area contributed by atoms with Crippen LogP contribution in [0.5, 0.6) is 0 Å². The standard InChI is InChI=1S/C13H29BO3/c1-4-7-9-14(10-8-5-2)17-12-11-16-13-15-6-3/h4-13H2,1-3H3. The van der Waals surface area contributed by atoms with Crippen molar-refractivity contribution in [1.82, 2.24) is 0 Å². The van der Waals surface area contributed by atoms with Gasteiger partial charge in [-0.1, -0.05) is 39.5 Å². The molecule has 0 unspecified atom stereocenters. The zero-order valence-corrected chi connectivity index (χ0v) is 11.9. The number of ether oxygens (including phenoxy) is 2. The van der Waals surface area contributed by atoms with Gasteiger partial charge in [0.25, 0.3) is 6.92 Å². The van der Waals surface area contributed by atoms with Crippen LogP contribution < -0.4 is 0 Å². The molecule has 0 saturated heterocycles. The molecule has 0 aliphatic heterocycles. The Morgan fingerprint density at radius 2 is 1.47 bits per heavy atom. The number of hydrogen-bond donors (Lipinski definition) is 0. The van der Waals surface area contributed by atoms with Crippen molar-refractivity contribution in [3.63, 3.8) is 0 Å². The summed E-state index contributed by atoms with van der Waals surface area (Å²) >= 11 is 0. The third kappa shape index (κ3) is 12.2. The van der Waals surface area contributed by atoms with Crippen LogP contribution in [0.25, 0.3) is 0 Å². The number of rotatable bonds is 13. The Bertz CT molecular complexity index is 137. The molecule has 0 aromatic rings. The minimum atomic E-state index is 0.383. The van der Waals surface area contributed by atoms with Crippen LogP contribution in [0.15, 0.2) is 0 Å². The summed E-state index contributed by atoms with van der Waals surface area (Å²) in [5, 5.41) is 0. The van der Waals surface area contributed by atoms with E-state index in [1.165, 1.54) is 38.3 Å².